The second-order valence-electron chi connectivity index (χ2n) is 8.75. The predicted octanol–water partition coefficient (Wildman–Crippen LogP) is 5.13. The van der Waals surface area contributed by atoms with Gasteiger partial charge in [0.2, 0.25) is 0 Å². The molecule has 1 saturated carbocycles. The molecule has 0 saturated heterocycles. The van der Waals surface area contributed by atoms with Crippen molar-refractivity contribution in [2.75, 3.05) is 18.9 Å². The maximum atomic E-state index is 13.1. The summed E-state index contributed by atoms with van der Waals surface area (Å²) in [5.74, 6) is 1.38. The van der Waals surface area contributed by atoms with Crippen LogP contribution in [0.15, 0.2) is 41.2 Å². The lowest BCUT2D eigenvalue weighted by Crippen LogP contribution is -2.28. The van der Waals surface area contributed by atoms with Crippen molar-refractivity contribution in [3.8, 4) is 5.82 Å². The summed E-state index contributed by atoms with van der Waals surface area (Å²) in [5.41, 5.74) is -0.400. The summed E-state index contributed by atoms with van der Waals surface area (Å²) >= 11 is 5.76. The lowest BCUT2D eigenvalue weighted by molar-refractivity contribution is -0.137. The summed E-state index contributed by atoms with van der Waals surface area (Å²) in [6.07, 6.45) is 0.540. The van der Waals surface area contributed by atoms with Crippen LogP contribution in [0.4, 0.5) is 19.2 Å². The second kappa shape index (κ2) is 9.08. The van der Waals surface area contributed by atoms with Crippen molar-refractivity contribution >= 4 is 34.6 Å². The highest BCUT2D eigenvalue weighted by Gasteiger charge is 2.34. The fourth-order valence-electron chi connectivity index (χ4n) is 3.83. The highest BCUT2D eigenvalue weighted by molar-refractivity contribution is 6.32. The molecule has 36 heavy (non-hydrogen) atoms. The Balaban J connectivity index is 1.33. The van der Waals surface area contributed by atoms with Gasteiger partial charge in [0.1, 0.15) is 11.8 Å². The highest BCUT2D eigenvalue weighted by Crippen LogP contribution is 2.37. The minimum Gasteiger partial charge on any atom is -0.423 e. The first-order valence-corrected chi connectivity index (χ1v) is 11.5. The number of aromatic nitrogens is 5. The van der Waals surface area contributed by atoms with Crippen LogP contribution >= 0.6 is 11.6 Å². The number of nitrogens with zero attached hydrogens (tertiary/aromatic N) is 6. The minimum atomic E-state index is -4.61. The average Bonchev–Trinajstić information content (AvgIpc) is 3.35. The molecule has 1 aliphatic carbocycles. The first-order chi connectivity index (χ1) is 17.1. The van der Waals surface area contributed by atoms with Gasteiger partial charge < -0.3 is 14.6 Å². The Morgan fingerprint density at radius 1 is 1.31 bits per heavy atom. The van der Waals surface area contributed by atoms with Gasteiger partial charge in [0.25, 0.3) is 11.9 Å². The molecule has 0 bridgehead atoms. The Bertz CT molecular complexity index is 1410. The van der Waals surface area contributed by atoms with Gasteiger partial charge in [0.15, 0.2) is 17.2 Å². The number of oxazole rings is 1. The number of amides is 1. The Hall–Kier alpha value is -3.67. The topological polar surface area (TPSA) is 102 Å². The molecule has 3 aromatic heterocycles. The molecule has 5 rings (SSSR count). The van der Waals surface area contributed by atoms with E-state index in [0.29, 0.717) is 23.1 Å². The number of carbonyl (C=O) groups is 1. The molecule has 1 aromatic carbocycles. The molecule has 0 unspecified atom stereocenters. The zero-order valence-corrected chi connectivity index (χ0v) is 20.0. The van der Waals surface area contributed by atoms with E-state index in [4.69, 9.17) is 16.0 Å². The van der Waals surface area contributed by atoms with Gasteiger partial charge in [-0.25, -0.2) is 9.97 Å². The summed E-state index contributed by atoms with van der Waals surface area (Å²) in [5, 5.41) is 6.71. The van der Waals surface area contributed by atoms with E-state index in [1.807, 2.05) is 0 Å². The molecule has 4 aromatic rings. The number of alkyl halides is 3. The Kier molecular flexibility index (Phi) is 6.07. The van der Waals surface area contributed by atoms with Crippen LogP contribution in [0.3, 0.4) is 0 Å². The van der Waals surface area contributed by atoms with Crippen LogP contribution in [0.2, 0.25) is 5.02 Å². The number of nitrogens with one attached hydrogen (secondary N) is 1. The molecule has 1 aliphatic rings. The van der Waals surface area contributed by atoms with E-state index in [-0.39, 0.29) is 23.0 Å². The van der Waals surface area contributed by atoms with E-state index in [2.05, 4.69) is 25.4 Å². The Morgan fingerprint density at radius 3 is 2.75 bits per heavy atom. The lowest BCUT2D eigenvalue weighted by Gasteiger charge is -2.17. The van der Waals surface area contributed by atoms with Crippen LogP contribution in [0.5, 0.6) is 0 Å². The summed E-state index contributed by atoms with van der Waals surface area (Å²) in [4.78, 5) is 27.0. The fraction of sp³-hybridized carbons (Fsp3) is 0.348. The molecule has 0 aliphatic heterocycles. The predicted molar refractivity (Wildman–Crippen MR) is 125 cm³/mol. The maximum absolute atomic E-state index is 13.1. The van der Waals surface area contributed by atoms with Gasteiger partial charge in [-0.2, -0.15) is 27.9 Å². The van der Waals surface area contributed by atoms with Crippen LogP contribution in [-0.4, -0.2) is 49.1 Å². The fourth-order valence-corrected chi connectivity index (χ4v) is 4.09. The molecule has 13 heteroatoms. The van der Waals surface area contributed by atoms with Crippen molar-refractivity contribution in [1.29, 1.82) is 0 Å². The molecule has 188 valence electrons. The smallest absolute Gasteiger partial charge is 0.417 e. The van der Waals surface area contributed by atoms with E-state index in [1.165, 1.54) is 17.2 Å². The van der Waals surface area contributed by atoms with E-state index in [1.54, 1.807) is 31.0 Å². The molecule has 0 radical (unpaired) electrons. The Labute approximate surface area is 208 Å². The third-order valence-corrected chi connectivity index (χ3v) is 6.18. The summed E-state index contributed by atoms with van der Waals surface area (Å²) in [6.45, 7) is 2.49. The highest BCUT2D eigenvalue weighted by atomic mass is 35.5. The van der Waals surface area contributed by atoms with E-state index >= 15 is 0 Å². The van der Waals surface area contributed by atoms with Crippen LogP contribution in [0.25, 0.3) is 16.9 Å². The number of pyridine rings is 1. The zero-order chi connectivity index (χ0) is 25.6. The molecule has 9 nitrogen and oxygen atoms in total. The molecule has 0 spiro atoms. The molecule has 1 amide bonds. The number of hydrogen-bond acceptors (Lipinski definition) is 7. The molecule has 1 N–H and O–H groups in total. The SMILES string of the molecule is C[C@H](Nc1nc2cc(C(F)(F)F)c(Cl)cc2o1)c1ncnn1-c1ccc(C(=O)N(C)CC2CC2)cn1. The van der Waals surface area contributed by atoms with Gasteiger partial charge in [-0.3, -0.25) is 4.79 Å². The van der Waals surface area contributed by atoms with Crippen molar-refractivity contribution in [3.63, 3.8) is 0 Å². The molecule has 1 atom stereocenters. The molecule has 3 heterocycles. The average molecular weight is 520 g/mol. The van der Waals surface area contributed by atoms with Crippen molar-refractivity contribution in [2.45, 2.75) is 32.0 Å². The summed E-state index contributed by atoms with van der Waals surface area (Å²) in [7, 11) is 1.78. The number of rotatable bonds is 7. The molecular formula is C23H21ClF3N7O2. The molecular weight excluding hydrogens is 499 g/mol. The number of carbonyl (C=O) groups excluding carboxylic acids is 1. The standard InChI is InChI=1S/C23H21ClF3N7O2/c1-12(31-22-32-17-7-15(23(25,26)27)16(24)8-18(17)36-22)20-29-11-30-34(20)19-6-5-14(9-28-19)21(35)33(2)10-13-3-4-13/h5-9,11-13H,3-4,10H2,1-2H3,(H,31,32)/t12-/m0/s1. The number of benzene rings is 1. The van der Waals surface area contributed by atoms with Crippen LogP contribution in [0, 0.1) is 5.92 Å². The lowest BCUT2D eigenvalue weighted by atomic mass is 10.2. The quantitative estimate of drug-likeness (QED) is 0.361. The van der Waals surface area contributed by atoms with Crippen molar-refractivity contribution in [1.82, 2.24) is 29.6 Å². The summed E-state index contributed by atoms with van der Waals surface area (Å²) in [6, 6.07) is 4.76. The Morgan fingerprint density at radius 2 is 2.08 bits per heavy atom. The van der Waals surface area contributed by atoms with Crippen LogP contribution < -0.4 is 5.32 Å². The first kappa shape index (κ1) is 24.0. The van der Waals surface area contributed by atoms with Crippen LogP contribution in [-0.2, 0) is 6.18 Å². The maximum Gasteiger partial charge on any atom is 0.417 e. The van der Waals surface area contributed by atoms with Gasteiger partial charge in [-0.15, -0.1) is 0 Å². The zero-order valence-electron chi connectivity index (χ0n) is 19.3. The largest absolute Gasteiger partial charge is 0.423 e. The second-order valence-corrected chi connectivity index (χ2v) is 9.15. The first-order valence-electron chi connectivity index (χ1n) is 11.2. The van der Waals surface area contributed by atoms with Gasteiger partial charge in [-0.05, 0) is 43.9 Å². The summed E-state index contributed by atoms with van der Waals surface area (Å²) < 4.78 is 46.5. The molecule has 1 fully saturated rings. The third-order valence-electron chi connectivity index (χ3n) is 5.87. The monoisotopic (exact) mass is 519 g/mol. The van der Waals surface area contributed by atoms with E-state index in [0.717, 1.165) is 31.5 Å². The number of fused-ring (bicyclic) bond motifs is 1. The van der Waals surface area contributed by atoms with Gasteiger partial charge in [0.05, 0.1) is 22.2 Å². The van der Waals surface area contributed by atoms with Crippen LogP contribution in [0.1, 0.15) is 47.6 Å². The number of anilines is 1. The van der Waals surface area contributed by atoms with E-state index in [9.17, 15) is 18.0 Å². The van der Waals surface area contributed by atoms with Gasteiger partial charge >= 0.3 is 6.18 Å². The number of halogens is 4. The van der Waals surface area contributed by atoms with Gasteiger partial charge in [0, 0.05) is 25.9 Å². The minimum absolute atomic E-state index is 0.00459. The number of hydrogen-bond donors (Lipinski definition) is 1. The van der Waals surface area contributed by atoms with E-state index < -0.39 is 22.8 Å². The normalized spacial score (nSPS) is 14.7. The van der Waals surface area contributed by atoms with Crippen molar-refractivity contribution in [2.24, 2.45) is 5.92 Å². The van der Waals surface area contributed by atoms with Crippen molar-refractivity contribution in [3.05, 3.63) is 58.8 Å². The van der Waals surface area contributed by atoms with Crippen molar-refractivity contribution < 1.29 is 22.4 Å². The third kappa shape index (κ3) is 4.85. The van der Waals surface area contributed by atoms with Gasteiger partial charge in [-0.1, -0.05) is 11.6 Å².